The van der Waals surface area contributed by atoms with E-state index in [2.05, 4.69) is 50.8 Å². The van der Waals surface area contributed by atoms with Gasteiger partial charge in [0.15, 0.2) is 11.3 Å². The number of fused-ring (bicyclic) bond motifs is 1. The van der Waals surface area contributed by atoms with Gasteiger partial charge in [0.25, 0.3) is 5.91 Å². The van der Waals surface area contributed by atoms with E-state index in [0.717, 1.165) is 41.9 Å². The van der Waals surface area contributed by atoms with Gasteiger partial charge in [-0.25, -0.2) is 9.78 Å². The fourth-order valence-corrected chi connectivity index (χ4v) is 5.72. The average molecular weight is 516 g/mol. The number of nitrogens with zero attached hydrogens (tertiary/aromatic N) is 6. The van der Waals surface area contributed by atoms with Crippen molar-refractivity contribution in [2.45, 2.75) is 72.4 Å². The van der Waals surface area contributed by atoms with E-state index in [9.17, 15) is 9.59 Å². The number of aryl methyl sites for hydroxylation is 1. The van der Waals surface area contributed by atoms with Crippen molar-refractivity contribution in [2.75, 3.05) is 0 Å². The van der Waals surface area contributed by atoms with Crippen LogP contribution in [0.1, 0.15) is 82.0 Å². The Morgan fingerprint density at radius 2 is 1.95 bits per heavy atom. The molecule has 2 atom stereocenters. The molecule has 0 radical (unpaired) electrons. The number of hydrogen-bond acceptors (Lipinski definition) is 5. The van der Waals surface area contributed by atoms with E-state index in [-0.39, 0.29) is 34.2 Å². The Morgan fingerprint density at radius 3 is 2.61 bits per heavy atom. The van der Waals surface area contributed by atoms with Gasteiger partial charge in [0, 0.05) is 31.4 Å². The highest BCUT2D eigenvalue weighted by atomic mass is 16.2. The van der Waals surface area contributed by atoms with E-state index in [0.29, 0.717) is 12.2 Å². The minimum atomic E-state index is -0.557. The van der Waals surface area contributed by atoms with Crippen LogP contribution in [-0.4, -0.2) is 34.8 Å². The predicted octanol–water partition coefficient (Wildman–Crippen LogP) is 4.67. The van der Waals surface area contributed by atoms with Gasteiger partial charge in [0.2, 0.25) is 0 Å². The molecule has 1 aliphatic rings. The quantitative estimate of drug-likeness (QED) is 0.415. The van der Waals surface area contributed by atoms with Gasteiger partial charge < -0.3 is 5.73 Å². The molecule has 2 unspecified atom stereocenters. The van der Waals surface area contributed by atoms with E-state index in [1.165, 1.54) is 0 Å². The maximum atomic E-state index is 13.0. The molecule has 4 aromatic heterocycles. The van der Waals surface area contributed by atoms with E-state index >= 15 is 0 Å². The van der Waals surface area contributed by atoms with Crippen LogP contribution in [0.5, 0.6) is 0 Å². The third-order valence-corrected chi connectivity index (χ3v) is 7.81. The molecular formula is C29H37N7O2. The fourth-order valence-electron chi connectivity index (χ4n) is 5.72. The number of amides is 1. The maximum Gasteiger partial charge on any atom is 0.330 e. The third-order valence-electron chi connectivity index (χ3n) is 7.81. The van der Waals surface area contributed by atoms with Crippen LogP contribution in [0.15, 0.2) is 47.4 Å². The second-order valence-corrected chi connectivity index (χ2v) is 12.5. The SMILES string of the molecule is Cn1c(=O)n(CC(C)(C)C)c2ccc(C3CCC(C)(C)C(n4nc(C(N)=O)cc4-c4ccccn4)C3)nc21. The summed E-state index contributed by atoms with van der Waals surface area (Å²) < 4.78 is 5.43. The Bertz CT molecular complexity index is 1550. The van der Waals surface area contributed by atoms with Crippen molar-refractivity contribution in [1.82, 2.24) is 28.9 Å². The number of primary amides is 1. The van der Waals surface area contributed by atoms with Gasteiger partial charge in [-0.1, -0.05) is 40.7 Å². The van der Waals surface area contributed by atoms with E-state index in [4.69, 9.17) is 10.7 Å². The topological polar surface area (TPSA) is 114 Å². The molecule has 200 valence electrons. The number of aromatic nitrogens is 6. The first-order valence-corrected chi connectivity index (χ1v) is 13.2. The van der Waals surface area contributed by atoms with Crippen molar-refractivity contribution < 1.29 is 4.79 Å². The molecule has 0 aromatic carbocycles. The van der Waals surface area contributed by atoms with Gasteiger partial charge in [-0.15, -0.1) is 0 Å². The summed E-state index contributed by atoms with van der Waals surface area (Å²) in [6.45, 7) is 11.5. The highest BCUT2D eigenvalue weighted by Gasteiger charge is 2.40. The Hall–Kier alpha value is -3.75. The summed E-state index contributed by atoms with van der Waals surface area (Å²) in [4.78, 5) is 34.7. The molecule has 4 aromatic rings. The van der Waals surface area contributed by atoms with Gasteiger partial charge in [0.05, 0.1) is 22.9 Å². The van der Waals surface area contributed by atoms with Crippen LogP contribution in [0.3, 0.4) is 0 Å². The van der Waals surface area contributed by atoms with Crippen molar-refractivity contribution >= 4 is 17.1 Å². The molecule has 9 nitrogen and oxygen atoms in total. The Balaban J connectivity index is 1.55. The molecule has 0 saturated heterocycles. The van der Waals surface area contributed by atoms with Crippen LogP contribution >= 0.6 is 0 Å². The average Bonchev–Trinajstić information content (AvgIpc) is 3.40. The summed E-state index contributed by atoms with van der Waals surface area (Å²) in [5.74, 6) is -0.379. The van der Waals surface area contributed by atoms with Crippen LogP contribution in [0.25, 0.3) is 22.6 Å². The normalized spacial score (nSPS) is 19.6. The Kier molecular flexibility index (Phi) is 6.28. The van der Waals surface area contributed by atoms with E-state index in [1.54, 1.807) is 23.9 Å². The molecule has 0 bridgehead atoms. The van der Waals surface area contributed by atoms with E-state index < -0.39 is 5.91 Å². The molecule has 0 spiro atoms. The number of imidazole rings is 1. The summed E-state index contributed by atoms with van der Waals surface area (Å²) in [7, 11) is 1.79. The number of rotatable bonds is 5. The van der Waals surface area contributed by atoms with Crippen LogP contribution < -0.4 is 11.4 Å². The minimum absolute atomic E-state index is 0.00170. The third kappa shape index (κ3) is 4.66. The summed E-state index contributed by atoms with van der Waals surface area (Å²) >= 11 is 0. The van der Waals surface area contributed by atoms with E-state index in [1.807, 2.05) is 33.5 Å². The standard InChI is InChI=1S/C29H37N7O2/c1-28(2,3)17-35-22-11-10-19(32-26(22)34(6)27(35)38)18-12-13-29(4,5)24(15-18)36-23(16-21(33-36)25(30)37)20-9-7-8-14-31-20/h7-11,14,16,18,24H,12-13,15,17H2,1-6H3,(H2,30,37). The van der Waals surface area contributed by atoms with Crippen LogP contribution in [0.2, 0.25) is 0 Å². The fraction of sp³-hybridized carbons (Fsp3) is 0.483. The van der Waals surface area contributed by atoms with Crippen LogP contribution in [-0.2, 0) is 13.6 Å². The largest absolute Gasteiger partial charge is 0.364 e. The molecule has 4 heterocycles. The first kappa shape index (κ1) is 25.9. The molecule has 2 N–H and O–H groups in total. The van der Waals surface area contributed by atoms with Gasteiger partial charge in [0.1, 0.15) is 0 Å². The number of carbonyl (C=O) groups is 1. The molecule has 1 fully saturated rings. The second-order valence-electron chi connectivity index (χ2n) is 12.5. The molecule has 0 aliphatic heterocycles. The first-order chi connectivity index (χ1) is 17.9. The van der Waals surface area contributed by atoms with Crippen molar-refractivity contribution in [3.05, 3.63) is 64.5 Å². The zero-order valence-corrected chi connectivity index (χ0v) is 23.1. The monoisotopic (exact) mass is 515 g/mol. The molecular weight excluding hydrogens is 478 g/mol. The van der Waals surface area contributed by atoms with Gasteiger partial charge >= 0.3 is 5.69 Å². The molecule has 5 rings (SSSR count). The molecule has 1 aliphatic carbocycles. The number of nitrogens with two attached hydrogens (primary N) is 1. The zero-order valence-electron chi connectivity index (χ0n) is 23.1. The maximum absolute atomic E-state index is 13.0. The van der Waals surface area contributed by atoms with Crippen molar-refractivity contribution in [2.24, 2.45) is 23.6 Å². The minimum Gasteiger partial charge on any atom is -0.364 e. The van der Waals surface area contributed by atoms with Crippen molar-refractivity contribution in [1.29, 1.82) is 0 Å². The van der Waals surface area contributed by atoms with Gasteiger partial charge in [-0.05, 0) is 60.4 Å². The lowest BCUT2D eigenvalue weighted by atomic mass is 9.68. The van der Waals surface area contributed by atoms with Crippen LogP contribution in [0, 0.1) is 10.8 Å². The van der Waals surface area contributed by atoms with Crippen LogP contribution in [0.4, 0.5) is 0 Å². The summed E-state index contributed by atoms with van der Waals surface area (Å²) in [5, 5.41) is 4.68. The molecule has 9 heteroatoms. The number of carbonyl (C=O) groups excluding carboxylic acids is 1. The number of hydrogen-bond donors (Lipinski definition) is 1. The van der Waals surface area contributed by atoms with Crippen molar-refractivity contribution in [3.63, 3.8) is 0 Å². The first-order valence-electron chi connectivity index (χ1n) is 13.2. The smallest absolute Gasteiger partial charge is 0.330 e. The molecule has 38 heavy (non-hydrogen) atoms. The second kappa shape index (κ2) is 9.22. The predicted molar refractivity (Wildman–Crippen MR) is 148 cm³/mol. The lowest BCUT2D eigenvalue weighted by molar-refractivity contribution is 0.0984. The van der Waals surface area contributed by atoms with Gasteiger partial charge in [-0.3, -0.25) is 23.6 Å². The number of pyridine rings is 2. The highest BCUT2D eigenvalue weighted by Crippen LogP contribution is 2.50. The highest BCUT2D eigenvalue weighted by molar-refractivity contribution is 5.91. The Morgan fingerprint density at radius 1 is 1.18 bits per heavy atom. The zero-order chi connectivity index (χ0) is 27.4. The lowest BCUT2D eigenvalue weighted by Gasteiger charge is -2.42. The summed E-state index contributed by atoms with van der Waals surface area (Å²) in [5.41, 5.74) is 9.80. The lowest BCUT2D eigenvalue weighted by Crippen LogP contribution is -2.35. The summed E-state index contributed by atoms with van der Waals surface area (Å²) in [6.07, 6.45) is 4.46. The van der Waals surface area contributed by atoms with Gasteiger partial charge in [-0.2, -0.15) is 5.10 Å². The van der Waals surface area contributed by atoms with Crippen molar-refractivity contribution in [3.8, 4) is 11.4 Å². The molecule has 1 saturated carbocycles. The Labute approximate surface area is 222 Å². The molecule has 1 amide bonds. The summed E-state index contributed by atoms with van der Waals surface area (Å²) in [6, 6.07) is 11.6.